The van der Waals surface area contributed by atoms with Crippen LogP contribution in [-0.2, 0) is 15.3 Å². The Morgan fingerprint density at radius 2 is 1.77 bits per heavy atom. The predicted molar refractivity (Wildman–Crippen MR) is 174 cm³/mol. The summed E-state index contributed by atoms with van der Waals surface area (Å²) in [6, 6.07) is 17.9. The number of Topliss-reactive ketones (excluding diaryl/α,β-unsaturated/α-hetero) is 1. The van der Waals surface area contributed by atoms with Crippen molar-refractivity contribution in [2.45, 2.75) is 36.4 Å². The molecular weight excluding hydrogens is 649 g/mol. The van der Waals surface area contributed by atoms with Crippen LogP contribution in [0.25, 0.3) is 5.76 Å². The zero-order chi connectivity index (χ0) is 30.7. The van der Waals surface area contributed by atoms with Gasteiger partial charge in [-0.2, -0.15) is 0 Å². The maximum absolute atomic E-state index is 13.6. The Balaban J connectivity index is 1.52. The molecule has 1 aliphatic rings. The second-order valence-electron chi connectivity index (χ2n) is 10.2. The maximum atomic E-state index is 13.6. The number of thioether (sulfide) groups is 1. The van der Waals surface area contributed by atoms with E-state index in [0.29, 0.717) is 54.6 Å². The SMILES string of the molecule is CC(C)CCOc1cccc(C2/C(=C(\O)c3ccc(Cl)cc3)C(=O)C(=O)N2c2nnc(SCc3ccc(Cl)cc3Cl)s2)c1. The van der Waals surface area contributed by atoms with E-state index >= 15 is 0 Å². The number of anilines is 1. The van der Waals surface area contributed by atoms with Gasteiger partial charge in [0.1, 0.15) is 11.5 Å². The molecule has 1 N–H and O–H groups in total. The molecule has 1 fully saturated rings. The van der Waals surface area contributed by atoms with E-state index in [-0.39, 0.29) is 16.5 Å². The number of aromatic nitrogens is 2. The van der Waals surface area contributed by atoms with Gasteiger partial charge in [-0.1, -0.05) is 89.9 Å². The highest BCUT2D eigenvalue weighted by Gasteiger charge is 2.48. The van der Waals surface area contributed by atoms with E-state index in [1.807, 2.05) is 12.1 Å². The number of benzene rings is 3. The van der Waals surface area contributed by atoms with Crippen LogP contribution < -0.4 is 9.64 Å². The van der Waals surface area contributed by atoms with Gasteiger partial charge in [0.15, 0.2) is 4.34 Å². The first-order chi connectivity index (χ1) is 20.6. The minimum Gasteiger partial charge on any atom is -0.507 e. The Morgan fingerprint density at radius 1 is 1.02 bits per heavy atom. The maximum Gasteiger partial charge on any atom is 0.301 e. The van der Waals surface area contributed by atoms with Crippen molar-refractivity contribution < 1.29 is 19.4 Å². The smallest absolute Gasteiger partial charge is 0.301 e. The molecule has 5 rings (SSSR count). The summed E-state index contributed by atoms with van der Waals surface area (Å²) in [5.74, 6) is -0.413. The van der Waals surface area contributed by atoms with Crippen molar-refractivity contribution in [3.63, 3.8) is 0 Å². The molecule has 0 spiro atoms. The molecule has 43 heavy (non-hydrogen) atoms. The average molecular weight is 675 g/mol. The lowest BCUT2D eigenvalue weighted by Gasteiger charge is -2.23. The molecule has 0 bridgehead atoms. The van der Waals surface area contributed by atoms with Gasteiger partial charge >= 0.3 is 5.91 Å². The molecule has 1 saturated heterocycles. The third-order valence-corrected chi connectivity index (χ3v) is 9.61. The Kier molecular flexibility index (Phi) is 9.99. The summed E-state index contributed by atoms with van der Waals surface area (Å²) < 4.78 is 6.55. The van der Waals surface area contributed by atoms with Gasteiger partial charge in [0, 0.05) is 26.4 Å². The van der Waals surface area contributed by atoms with E-state index in [9.17, 15) is 14.7 Å². The van der Waals surface area contributed by atoms with Crippen LogP contribution in [-0.4, -0.2) is 33.6 Å². The number of aliphatic hydroxyl groups is 1. The monoisotopic (exact) mass is 673 g/mol. The molecule has 12 heteroatoms. The lowest BCUT2D eigenvalue weighted by Crippen LogP contribution is -2.29. The molecule has 2 heterocycles. The summed E-state index contributed by atoms with van der Waals surface area (Å²) in [4.78, 5) is 28.4. The van der Waals surface area contributed by atoms with Crippen molar-refractivity contribution in [3.05, 3.63) is 104 Å². The third kappa shape index (κ3) is 7.19. The van der Waals surface area contributed by atoms with Crippen molar-refractivity contribution in [3.8, 4) is 5.75 Å². The highest BCUT2D eigenvalue weighted by atomic mass is 35.5. The summed E-state index contributed by atoms with van der Waals surface area (Å²) in [6.07, 6.45) is 0.867. The molecule has 1 aliphatic heterocycles. The van der Waals surface area contributed by atoms with Crippen LogP contribution in [0.3, 0.4) is 0 Å². The largest absolute Gasteiger partial charge is 0.507 e. The fourth-order valence-corrected chi connectivity index (χ4v) is 6.98. The van der Waals surface area contributed by atoms with Gasteiger partial charge in [-0.25, -0.2) is 0 Å². The quantitative estimate of drug-likeness (QED) is 0.0591. The van der Waals surface area contributed by atoms with Crippen molar-refractivity contribution in [1.29, 1.82) is 0 Å². The fourth-order valence-electron chi connectivity index (χ4n) is 4.43. The van der Waals surface area contributed by atoms with Crippen LogP contribution in [0.1, 0.15) is 43.0 Å². The third-order valence-electron chi connectivity index (χ3n) is 6.67. The summed E-state index contributed by atoms with van der Waals surface area (Å²) in [5, 5.41) is 21.7. The van der Waals surface area contributed by atoms with E-state index in [1.165, 1.54) is 28.0 Å². The minimum absolute atomic E-state index is 0.0657. The fraction of sp³-hybridized carbons (Fsp3) is 0.226. The van der Waals surface area contributed by atoms with E-state index in [2.05, 4.69) is 24.0 Å². The molecule has 1 aromatic heterocycles. The van der Waals surface area contributed by atoms with Crippen LogP contribution in [0, 0.1) is 5.92 Å². The van der Waals surface area contributed by atoms with Gasteiger partial charge in [-0.3, -0.25) is 14.5 Å². The summed E-state index contributed by atoms with van der Waals surface area (Å²) in [7, 11) is 0. The van der Waals surface area contributed by atoms with Crippen LogP contribution in [0.2, 0.25) is 15.1 Å². The predicted octanol–water partition coefficient (Wildman–Crippen LogP) is 8.84. The van der Waals surface area contributed by atoms with Gasteiger partial charge in [0.25, 0.3) is 5.78 Å². The number of ether oxygens (including phenoxy) is 1. The van der Waals surface area contributed by atoms with Gasteiger partial charge in [0.2, 0.25) is 5.13 Å². The normalized spacial score (nSPS) is 16.3. The zero-order valence-electron chi connectivity index (χ0n) is 23.1. The number of hydrogen-bond acceptors (Lipinski definition) is 8. The molecule has 4 aromatic rings. The second kappa shape index (κ2) is 13.7. The molecular formula is C31H26Cl3N3O4S2. The van der Waals surface area contributed by atoms with E-state index in [1.54, 1.807) is 54.6 Å². The summed E-state index contributed by atoms with van der Waals surface area (Å²) in [6.45, 7) is 4.74. The number of carbonyl (C=O) groups is 2. The molecule has 1 atom stereocenters. The standard InChI is InChI=1S/C31H26Cl3N3O4S2/c1-17(2)12-13-41-23-5-3-4-19(14-23)26-25(27(38)18-6-9-21(32)10-7-18)28(39)29(40)37(26)30-35-36-31(43-30)42-16-20-8-11-22(33)15-24(20)34/h3-11,14-15,17,26,38H,12-13,16H2,1-2H3/b27-25+. The zero-order valence-corrected chi connectivity index (χ0v) is 27.0. The first-order valence-corrected chi connectivity index (χ1v) is 16.3. The summed E-state index contributed by atoms with van der Waals surface area (Å²) >= 11 is 20.9. The van der Waals surface area contributed by atoms with Crippen molar-refractivity contribution in [1.82, 2.24) is 10.2 Å². The molecule has 3 aromatic carbocycles. The van der Waals surface area contributed by atoms with Crippen LogP contribution in [0.4, 0.5) is 5.13 Å². The molecule has 222 valence electrons. The molecule has 7 nitrogen and oxygen atoms in total. The first kappa shape index (κ1) is 31.3. The van der Waals surface area contributed by atoms with Crippen LogP contribution in [0.5, 0.6) is 5.75 Å². The van der Waals surface area contributed by atoms with Gasteiger partial charge in [-0.15, -0.1) is 10.2 Å². The van der Waals surface area contributed by atoms with Gasteiger partial charge < -0.3 is 9.84 Å². The first-order valence-electron chi connectivity index (χ1n) is 13.3. The minimum atomic E-state index is -0.971. The molecule has 0 saturated carbocycles. The van der Waals surface area contributed by atoms with E-state index < -0.39 is 17.7 Å². The van der Waals surface area contributed by atoms with Gasteiger partial charge in [0.05, 0.1) is 18.2 Å². The number of ketones is 1. The number of hydrogen-bond donors (Lipinski definition) is 1. The number of nitrogens with zero attached hydrogens (tertiary/aromatic N) is 3. The lowest BCUT2D eigenvalue weighted by atomic mass is 9.95. The number of amides is 1. The van der Waals surface area contributed by atoms with E-state index in [0.717, 1.165) is 12.0 Å². The van der Waals surface area contributed by atoms with Crippen LogP contribution in [0.15, 0.2) is 76.6 Å². The highest BCUT2D eigenvalue weighted by Crippen LogP contribution is 2.45. The van der Waals surface area contributed by atoms with Crippen molar-refractivity contribution in [2.24, 2.45) is 5.92 Å². The average Bonchev–Trinajstić information content (AvgIpc) is 3.54. The highest BCUT2D eigenvalue weighted by molar-refractivity contribution is 8.00. The molecule has 0 aliphatic carbocycles. The lowest BCUT2D eigenvalue weighted by molar-refractivity contribution is -0.132. The molecule has 0 radical (unpaired) electrons. The van der Waals surface area contributed by atoms with Crippen molar-refractivity contribution >= 4 is 80.5 Å². The summed E-state index contributed by atoms with van der Waals surface area (Å²) in [5.41, 5.74) is 1.73. The molecule has 1 unspecified atom stereocenters. The number of carbonyl (C=O) groups excluding carboxylic acids is 2. The number of rotatable bonds is 10. The number of aliphatic hydroxyl groups excluding tert-OH is 1. The Morgan fingerprint density at radius 3 is 2.49 bits per heavy atom. The van der Waals surface area contributed by atoms with Crippen LogP contribution >= 0.6 is 57.9 Å². The van der Waals surface area contributed by atoms with Crippen molar-refractivity contribution in [2.75, 3.05) is 11.5 Å². The van der Waals surface area contributed by atoms with E-state index in [4.69, 9.17) is 39.5 Å². The van der Waals surface area contributed by atoms with Gasteiger partial charge in [-0.05, 0) is 72.0 Å². The molecule has 1 amide bonds. The second-order valence-corrected chi connectivity index (χ2v) is 13.6. The topological polar surface area (TPSA) is 92.6 Å². The Labute approximate surface area is 272 Å². The number of halogens is 3. The Hall–Kier alpha value is -3.08. The Bertz CT molecular complexity index is 1690.